The summed E-state index contributed by atoms with van der Waals surface area (Å²) in [5.74, 6) is 2.30. The van der Waals surface area contributed by atoms with E-state index in [1.165, 1.54) is 12.5 Å². The number of furan rings is 2. The fraction of sp³-hybridized carbons (Fsp3) is 0.188. The number of nitriles is 2. The molecule has 23 heavy (non-hydrogen) atoms. The van der Waals surface area contributed by atoms with Crippen LogP contribution in [-0.4, -0.2) is 26.5 Å². The molecule has 0 bridgehead atoms. The minimum absolute atomic E-state index is 0.311. The van der Waals surface area contributed by atoms with Crippen molar-refractivity contribution in [2.75, 3.05) is 0 Å². The molecule has 0 saturated carbocycles. The Bertz CT molecular complexity index is 864. The molecule has 0 amide bonds. The van der Waals surface area contributed by atoms with Crippen LogP contribution < -0.4 is 0 Å². The van der Waals surface area contributed by atoms with Crippen LogP contribution in [0.2, 0.25) is 0 Å². The molecule has 1 aliphatic heterocycles. The fourth-order valence-corrected chi connectivity index (χ4v) is 3.33. The van der Waals surface area contributed by atoms with E-state index in [9.17, 15) is 10.5 Å². The van der Waals surface area contributed by atoms with Crippen molar-refractivity contribution in [2.24, 2.45) is 10.4 Å². The van der Waals surface area contributed by atoms with E-state index in [0.29, 0.717) is 21.7 Å². The number of nitrogens with zero attached hydrogens (tertiary/aromatic N) is 3. The Balaban J connectivity index is 2.32. The van der Waals surface area contributed by atoms with E-state index >= 15 is 0 Å². The van der Waals surface area contributed by atoms with Gasteiger partial charge in [-0.3, -0.25) is 0 Å². The van der Waals surface area contributed by atoms with E-state index in [-0.39, 0.29) is 0 Å². The Morgan fingerprint density at radius 2 is 1.74 bits per heavy atom. The first-order chi connectivity index (χ1) is 11.2. The monoisotopic (exact) mass is 369 g/mol. The first-order valence-corrected chi connectivity index (χ1v) is 7.47. The summed E-state index contributed by atoms with van der Waals surface area (Å²) < 4.78 is 11.2. The molecular formula is C16H9N4O2Se. The van der Waals surface area contributed by atoms with Gasteiger partial charge in [0.25, 0.3) is 0 Å². The third-order valence-electron chi connectivity index (χ3n) is 3.80. The van der Waals surface area contributed by atoms with Crippen LogP contribution in [0.4, 0.5) is 0 Å². The second kappa shape index (κ2) is 5.76. The number of hydrogen-bond donors (Lipinski definition) is 1. The van der Waals surface area contributed by atoms with Crippen LogP contribution in [0.15, 0.2) is 56.2 Å². The van der Waals surface area contributed by atoms with Gasteiger partial charge in [0, 0.05) is 0 Å². The zero-order valence-electron chi connectivity index (χ0n) is 11.7. The standard InChI is InChI=1S/C16H9N4O2Se/c17-7-10-13(11-3-1-5-21-11)16(8-18,9-19)14(20-15(10)23)12-4-2-6-22-12/h1-6,13-14,17H. The van der Waals surface area contributed by atoms with Crippen LogP contribution >= 0.6 is 0 Å². The summed E-state index contributed by atoms with van der Waals surface area (Å²) in [7, 11) is 0. The molecule has 6 nitrogen and oxygen atoms in total. The number of allylic oxidation sites excluding steroid dienone is 1. The Kier molecular flexibility index (Phi) is 3.78. The second-order valence-electron chi connectivity index (χ2n) is 4.93. The molecule has 2 aromatic rings. The van der Waals surface area contributed by atoms with E-state index in [2.05, 4.69) is 39.0 Å². The predicted molar refractivity (Wildman–Crippen MR) is 81.0 cm³/mol. The summed E-state index contributed by atoms with van der Waals surface area (Å²) in [5.41, 5.74) is -1.29. The molecule has 1 aliphatic rings. The normalized spacial score (nSPS) is 22.5. The molecule has 3 rings (SSSR count). The topological polar surface area (TPSA) is 110 Å². The average Bonchev–Trinajstić information content (AvgIpc) is 3.27. The Morgan fingerprint density at radius 3 is 2.22 bits per heavy atom. The maximum absolute atomic E-state index is 9.84. The molecule has 2 aromatic heterocycles. The van der Waals surface area contributed by atoms with Crippen molar-refractivity contribution >= 4 is 26.5 Å². The van der Waals surface area contributed by atoms with Crippen LogP contribution in [0.1, 0.15) is 23.5 Å². The van der Waals surface area contributed by atoms with E-state index in [4.69, 9.17) is 14.2 Å². The van der Waals surface area contributed by atoms with Gasteiger partial charge in [0.15, 0.2) is 0 Å². The Labute approximate surface area is 140 Å². The molecule has 2 unspecified atom stereocenters. The molecular weight excluding hydrogens is 359 g/mol. The summed E-state index contributed by atoms with van der Waals surface area (Å²) in [4.78, 5) is 4.39. The van der Waals surface area contributed by atoms with E-state index in [1.807, 2.05) is 0 Å². The van der Waals surface area contributed by atoms with Crippen LogP contribution in [0.25, 0.3) is 0 Å². The van der Waals surface area contributed by atoms with Crippen LogP contribution in [0.3, 0.4) is 0 Å². The SMILES string of the molecule is N#CC1(C#N)C(c2ccco2)N=C([Se])C(=C=N)C1c1ccco1. The molecule has 0 saturated heterocycles. The summed E-state index contributed by atoms with van der Waals surface area (Å²) in [6.07, 6.45) is 2.93. The van der Waals surface area contributed by atoms with Gasteiger partial charge in [0.05, 0.1) is 0 Å². The predicted octanol–water partition coefficient (Wildman–Crippen LogP) is 2.49. The van der Waals surface area contributed by atoms with Gasteiger partial charge in [-0.25, -0.2) is 0 Å². The fourth-order valence-electron chi connectivity index (χ4n) is 2.76. The summed E-state index contributed by atoms with van der Waals surface area (Å²) >= 11 is 2.78. The van der Waals surface area contributed by atoms with Crippen molar-refractivity contribution in [3.05, 3.63) is 53.9 Å². The molecule has 0 spiro atoms. The third kappa shape index (κ3) is 2.16. The number of hydrogen-bond acceptors (Lipinski definition) is 6. The first kappa shape index (κ1) is 15.1. The van der Waals surface area contributed by atoms with Gasteiger partial charge < -0.3 is 0 Å². The molecule has 111 valence electrons. The molecule has 2 atom stereocenters. The van der Waals surface area contributed by atoms with Gasteiger partial charge in [0.2, 0.25) is 0 Å². The molecule has 0 fully saturated rings. The quantitative estimate of drug-likeness (QED) is 0.648. The van der Waals surface area contributed by atoms with Crippen molar-refractivity contribution in [3.8, 4) is 12.1 Å². The van der Waals surface area contributed by atoms with E-state index in [1.54, 1.807) is 24.3 Å². The van der Waals surface area contributed by atoms with Crippen molar-refractivity contribution in [2.45, 2.75) is 12.0 Å². The maximum atomic E-state index is 9.84. The molecule has 3 heterocycles. The molecule has 7 heteroatoms. The first-order valence-electron chi connectivity index (χ1n) is 6.62. The number of rotatable bonds is 2. The van der Waals surface area contributed by atoms with Crippen molar-refractivity contribution < 1.29 is 8.83 Å². The van der Waals surface area contributed by atoms with Crippen LogP contribution in [0.5, 0.6) is 0 Å². The molecule has 1 radical (unpaired) electrons. The van der Waals surface area contributed by atoms with Gasteiger partial charge in [0.1, 0.15) is 0 Å². The van der Waals surface area contributed by atoms with Gasteiger partial charge >= 0.3 is 140 Å². The van der Waals surface area contributed by atoms with Crippen LogP contribution in [0, 0.1) is 33.5 Å². The van der Waals surface area contributed by atoms with Crippen molar-refractivity contribution in [1.29, 1.82) is 15.9 Å². The van der Waals surface area contributed by atoms with E-state index < -0.39 is 17.4 Å². The van der Waals surface area contributed by atoms with Crippen molar-refractivity contribution in [1.82, 2.24) is 0 Å². The zero-order valence-corrected chi connectivity index (χ0v) is 13.4. The summed E-state index contributed by atoms with van der Waals surface area (Å²) in [6.45, 7) is 0. The summed E-state index contributed by atoms with van der Waals surface area (Å²) in [6, 6.07) is 10.0. The van der Waals surface area contributed by atoms with Gasteiger partial charge in [-0.15, -0.1) is 0 Å². The van der Waals surface area contributed by atoms with Crippen molar-refractivity contribution in [3.63, 3.8) is 0 Å². The Morgan fingerprint density at radius 1 is 1.13 bits per heavy atom. The van der Waals surface area contributed by atoms with Gasteiger partial charge in [-0.1, -0.05) is 0 Å². The number of nitrogens with one attached hydrogen (secondary N) is 1. The molecule has 1 N–H and O–H groups in total. The zero-order chi connectivity index (χ0) is 16.4. The summed E-state index contributed by atoms with van der Waals surface area (Å²) in [5, 5.41) is 27.2. The third-order valence-corrected chi connectivity index (χ3v) is 4.48. The molecule has 0 aromatic carbocycles. The second-order valence-corrected chi connectivity index (χ2v) is 5.74. The Hall–Kier alpha value is -2.82. The number of aliphatic imine (C=N–C) groups is 1. The minimum atomic E-state index is -1.60. The van der Waals surface area contributed by atoms with Gasteiger partial charge in [-0.05, 0) is 0 Å². The van der Waals surface area contributed by atoms with E-state index in [0.717, 1.165) is 0 Å². The average molecular weight is 368 g/mol. The van der Waals surface area contributed by atoms with Crippen LogP contribution in [-0.2, 0) is 0 Å². The molecule has 0 aliphatic carbocycles. The van der Waals surface area contributed by atoms with Gasteiger partial charge in [-0.2, -0.15) is 0 Å².